The van der Waals surface area contributed by atoms with Crippen molar-refractivity contribution in [2.75, 3.05) is 0 Å². The number of para-hydroxylation sites is 3. The molecule has 0 unspecified atom stereocenters. The van der Waals surface area contributed by atoms with Crippen LogP contribution in [0.15, 0.2) is 162 Å². The Morgan fingerprint density at radius 2 is 1.04 bits per heavy atom. The SMILES string of the molecule is c1ccc(-n2c3ccccc3c3ccc4c5cc6c(cc5n(-c5ccc7c(c5)-c5cccc8cccc-7c58)c4c32)oc2ccccc26)cc1. The van der Waals surface area contributed by atoms with E-state index in [4.69, 9.17) is 4.42 Å². The average molecular weight is 623 g/mol. The molecule has 0 aliphatic heterocycles. The van der Waals surface area contributed by atoms with Crippen LogP contribution < -0.4 is 0 Å². The van der Waals surface area contributed by atoms with E-state index < -0.39 is 0 Å². The van der Waals surface area contributed by atoms with Crippen LogP contribution in [0.2, 0.25) is 0 Å². The van der Waals surface area contributed by atoms with Gasteiger partial charge in [-0.05, 0) is 75.5 Å². The van der Waals surface area contributed by atoms with E-state index in [0.29, 0.717) is 0 Å². The minimum absolute atomic E-state index is 0.899. The molecule has 0 fully saturated rings. The van der Waals surface area contributed by atoms with Gasteiger partial charge in [0.2, 0.25) is 0 Å². The zero-order chi connectivity index (χ0) is 31.8. The van der Waals surface area contributed by atoms with Crippen molar-refractivity contribution in [3.63, 3.8) is 0 Å². The topological polar surface area (TPSA) is 23.0 Å². The molecule has 3 aromatic heterocycles. The molecule has 3 heterocycles. The first kappa shape index (κ1) is 25.5. The Kier molecular flexibility index (Phi) is 4.72. The molecule has 3 nitrogen and oxygen atoms in total. The molecule has 8 aromatic carbocycles. The van der Waals surface area contributed by atoms with Crippen LogP contribution >= 0.6 is 0 Å². The van der Waals surface area contributed by atoms with Crippen molar-refractivity contribution in [2.24, 2.45) is 0 Å². The first-order valence-corrected chi connectivity index (χ1v) is 16.9. The summed E-state index contributed by atoms with van der Waals surface area (Å²) in [6.07, 6.45) is 0. The number of hydrogen-bond acceptors (Lipinski definition) is 1. The van der Waals surface area contributed by atoms with Crippen LogP contribution in [-0.4, -0.2) is 9.13 Å². The molecule has 3 heteroatoms. The van der Waals surface area contributed by atoms with Gasteiger partial charge in [0, 0.05) is 49.8 Å². The smallest absolute Gasteiger partial charge is 0.137 e. The summed E-state index contributed by atoms with van der Waals surface area (Å²) in [6, 6.07) is 57.6. The quantitative estimate of drug-likeness (QED) is 0.188. The van der Waals surface area contributed by atoms with Gasteiger partial charge in [0.05, 0.1) is 22.1 Å². The summed E-state index contributed by atoms with van der Waals surface area (Å²) in [4.78, 5) is 0. The fraction of sp³-hybridized carbons (Fsp3) is 0. The van der Waals surface area contributed by atoms with Gasteiger partial charge < -0.3 is 13.6 Å². The lowest BCUT2D eigenvalue weighted by molar-refractivity contribution is 0.669. The highest BCUT2D eigenvalue weighted by molar-refractivity contribution is 6.26. The maximum atomic E-state index is 6.51. The molecular weight excluding hydrogens is 597 g/mol. The molecule has 0 bridgehead atoms. The van der Waals surface area contributed by atoms with Crippen LogP contribution in [0.5, 0.6) is 0 Å². The van der Waals surface area contributed by atoms with Crippen LogP contribution in [0.25, 0.3) is 110 Å². The summed E-state index contributed by atoms with van der Waals surface area (Å²) in [5.74, 6) is 0. The molecule has 1 aliphatic rings. The molecule has 1 aliphatic carbocycles. The van der Waals surface area contributed by atoms with Crippen molar-refractivity contribution in [1.29, 1.82) is 0 Å². The Balaban J connectivity index is 1.28. The van der Waals surface area contributed by atoms with Crippen molar-refractivity contribution in [3.05, 3.63) is 158 Å². The Hall–Kier alpha value is -6.58. The molecule has 226 valence electrons. The largest absolute Gasteiger partial charge is 0.456 e. The minimum atomic E-state index is 0.899. The van der Waals surface area contributed by atoms with Gasteiger partial charge in [-0.1, -0.05) is 109 Å². The third-order valence-electron chi connectivity index (χ3n) is 10.8. The molecule has 0 radical (unpaired) electrons. The average Bonchev–Trinajstić information content (AvgIpc) is 3.88. The second-order valence-electron chi connectivity index (χ2n) is 13.3. The predicted molar refractivity (Wildman–Crippen MR) is 204 cm³/mol. The molecule has 11 aromatic rings. The first-order valence-electron chi connectivity index (χ1n) is 16.9. The number of fused-ring (bicyclic) bond motifs is 13. The standard InChI is InChI=1S/C46H26N2O/c1-2-12-28(13-3-1)47-40-18-6-4-14-31(40)35-22-23-36-38-25-39-32-15-5-7-19-42(32)49-43(39)26-41(38)48(46(36)45(35)47)29-20-21-30-33-16-8-10-27-11-9-17-34(44(27)33)37(30)24-29/h1-26H. The third-order valence-corrected chi connectivity index (χ3v) is 10.8. The van der Waals surface area contributed by atoms with Crippen molar-refractivity contribution < 1.29 is 4.42 Å². The summed E-state index contributed by atoms with van der Waals surface area (Å²) in [6.45, 7) is 0. The minimum Gasteiger partial charge on any atom is -0.456 e. The predicted octanol–water partition coefficient (Wildman–Crippen LogP) is 12.6. The fourth-order valence-corrected chi connectivity index (χ4v) is 8.80. The Morgan fingerprint density at radius 1 is 0.347 bits per heavy atom. The monoisotopic (exact) mass is 622 g/mol. The molecule has 0 spiro atoms. The highest BCUT2D eigenvalue weighted by Crippen LogP contribution is 2.49. The first-order chi connectivity index (χ1) is 24.3. The van der Waals surface area contributed by atoms with E-state index in [1.165, 1.54) is 71.1 Å². The van der Waals surface area contributed by atoms with E-state index >= 15 is 0 Å². The number of aromatic nitrogens is 2. The number of hydrogen-bond donors (Lipinski definition) is 0. The molecule has 0 amide bonds. The summed E-state index contributed by atoms with van der Waals surface area (Å²) >= 11 is 0. The summed E-state index contributed by atoms with van der Waals surface area (Å²) in [5.41, 5.74) is 14.0. The van der Waals surface area contributed by atoms with E-state index in [1.807, 2.05) is 6.07 Å². The van der Waals surface area contributed by atoms with Crippen LogP contribution in [0.1, 0.15) is 0 Å². The number of rotatable bonds is 2. The van der Waals surface area contributed by atoms with Gasteiger partial charge in [-0.3, -0.25) is 0 Å². The van der Waals surface area contributed by atoms with Crippen LogP contribution in [0, 0.1) is 0 Å². The molecule has 49 heavy (non-hydrogen) atoms. The Morgan fingerprint density at radius 3 is 1.88 bits per heavy atom. The van der Waals surface area contributed by atoms with Crippen LogP contribution in [0.3, 0.4) is 0 Å². The lowest BCUT2D eigenvalue weighted by Gasteiger charge is -2.14. The fourth-order valence-electron chi connectivity index (χ4n) is 8.80. The van der Waals surface area contributed by atoms with E-state index in [0.717, 1.165) is 38.8 Å². The highest BCUT2D eigenvalue weighted by atomic mass is 16.3. The molecule has 0 N–H and O–H groups in total. The van der Waals surface area contributed by atoms with Gasteiger partial charge >= 0.3 is 0 Å². The maximum Gasteiger partial charge on any atom is 0.137 e. The van der Waals surface area contributed by atoms with Gasteiger partial charge in [-0.15, -0.1) is 0 Å². The molecular formula is C46H26N2O. The molecule has 0 saturated heterocycles. The van der Waals surface area contributed by atoms with E-state index in [1.54, 1.807) is 0 Å². The van der Waals surface area contributed by atoms with Gasteiger partial charge in [0.25, 0.3) is 0 Å². The van der Waals surface area contributed by atoms with Crippen molar-refractivity contribution >= 4 is 76.3 Å². The van der Waals surface area contributed by atoms with Crippen LogP contribution in [0.4, 0.5) is 0 Å². The van der Waals surface area contributed by atoms with Crippen molar-refractivity contribution in [2.45, 2.75) is 0 Å². The zero-order valence-corrected chi connectivity index (χ0v) is 26.3. The second kappa shape index (κ2) is 9.06. The van der Waals surface area contributed by atoms with E-state index in [2.05, 4.69) is 161 Å². The Bertz CT molecular complexity index is 3200. The highest BCUT2D eigenvalue weighted by Gasteiger charge is 2.25. The molecule has 0 atom stereocenters. The summed E-state index contributed by atoms with van der Waals surface area (Å²) in [7, 11) is 0. The van der Waals surface area contributed by atoms with Gasteiger partial charge in [0.1, 0.15) is 11.2 Å². The normalized spacial score (nSPS) is 12.5. The second-order valence-corrected chi connectivity index (χ2v) is 13.3. The van der Waals surface area contributed by atoms with Gasteiger partial charge in [-0.2, -0.15) is 0 Å². The maximum absolute atomic E-state index is 6.51. The zero-order valence-electron chi connectivity index (χ0n) is 26.3. The molecule has 12 rings (SSSR count). The lowest BCUT2D eigenvalue weighted by atomic mass is 10.0. The number of nitrogens with zero attached hydrogens (tertiary/aromatic N) is 2. The van der Waals surface area contributed by atoms with E-state index in [9.17, 15) is 0 Å². The summed E-state index contributed by atoms with van der Waals surface area (Å²) in [5, 5.41) is 9.83. The van der Waals surface area contributed by atoms with Crippen molar-refractivity contribution in [3.8, 4) is 33.6 Å². The van der Waals surface area contributed by atoms with Crippen molar-refractivity contribution in [1.82, 2.24) is 9.13 Å². The lowest BCUT2D eigenvalue weighted by Crippen LogP contribution is -1.99. The number of benzene rings is 8. The Labute approximate surface area is 280 Å². The summed E-state index contributed by atoms with van der Waals surface area (Å²) < 4.78 is 11.4. The number of furan rings is 1. The van der Waals surface area contributed by atoms with Gasteiger partial charge in [0.15, 0.2) is 0 Å². The van der Waals surface area contributed by atoms with Crippen LogP contribution in [-0.2, 0) is 0 Å². The van der Waals surface area contributed by atoms with E-state index in [-0.39, 0.29) is 0 Å². The third kappa shape index (κ3) is 3.22. The molecule has 0 saturated carbocycles. The van der Waals surface area contributed by atoms with Gasteiger partial charge in [-0.25, -0.2) is 0 Å².